The first-order chi connectivity index (χ1) is 13.1. The molecule has 2 N–H and O–H groups in total. The summed E-state index contributed by atoms with van der Waals surface area (Å²) in [6.45, 7) is 3.25. The lowest BCUT2D eigenvalue weighted by Gasteiger charge is -2.27. The van der Waals surface area contributed by atoms with Crippen LogP contribution in [0.2, 0.25) is 0 Å². The first kappa shape index (κ1) is 19.7. The maximum Gasteiger partial charge on any atom is 0.406 e. The number of carbonyl (C=O) groups is 2. The molecule has 10 heteroatoms. The fraction of sp³-hybridized carbons (Fsp3) is 0.389. The van der Waals surface area contributed by atoms with Crippen molar-refractivity contribution >= 4 is 23.3 Å². The lowest BCUT2D eigenvalue weighted by atomic mass is 10.2. The number of nitrogens with zero attached hydrogens (tertiary/aromatic N) is 3. The Balaban J connectivity index is 1.71. The molecule has 7 nitrogen and oxygen atoms in total. The number of nitrogens with one attached hydrogen (secondary N) is 2. The quantitative estimate of drug-likeness (QED) is 0.832. The molecule has 2 amide bonds. The van der Waals surface area contributed by atoms with Gasteiger partial charge in [-0.3, -0.25) is 9.59 Å². The molecule has 0 saturated carbocycles. The van der Waals surface area contributed by atoms with E-state index in [2.05, 4.69) is 15.6 Å². The van der Waals surface area contributed by atoms with Crippen LogP contribution in [0.3, 0.4) is 0 Å². The first-order valence-electron chi connectivity index (χ1n) is 8.66. The molecule has 0 spiro atoms. The fourth-order valence-corrected chi connectivity index (χ4v) is 3.13. The molecule has 150 valence electrons. The van der Waals surface area contributed by atoms with Crippen LogP contribution in [-0.2, 0) is 11.3 Å². The van der Waals surface area contributed by atoms with Crippen LogP contribution in [0.5, 0.6) is 0 Å². The number of aryl methyl sites for hydroxylation is 1. The van der Waals surface area contributed by atoms with Crippen molar-refractivity contribution in [3.05, 3.63) is 41.3 Å². The summed E-state index contributed by atoms with van der Waals surface area (Å²) in [4.78, 5) is 30.0. The van der Waals surface area contributed by atoms with Crippen molar-refractivity contribution in [2.45, 2.75) is 26.6 Å². The van der Waals surface area contributed by atoms with Gasteiger partial charge in [0, 0.05) is 24.5 Å². The van der Waals surface area contributed by atoms with Crippen LogP contribution in [0.25, 0.3) is 0 Å². The first-order valence-corrected chi connectivity index (χ1v) is 8.66. The summed E-state index contributed by atoms with van der Waals surface area (Å²) < 4.78 is 39.2. The predicted molar refractivity (Wildman–Crippen MR) is 97.4 cm³/mol. The Morgan fingerprint density at radius 2 is 2.07 bits per heavy atom. The second-order valence-electron chi connectivity index (χ2n) is 6.62. The Kier molecular flexibility index (Phi) is 5.30. The molecule has 1 saturated heterocycles. The maximum absolute atomic E-state index is 12.7. The standard InChI is InChI=1S/C18H20F3N5O2/c1-11-7-14(12(2)26(11)10-18(19,20)21)17(28)24-13-3-4-15(23-8-13)25-6-5-22-16(27)9-25/h3-4,7-8H,5-6,9-10H2,1-2H3,(H,22,27)(H,24,28). The predicted octanol–water partition coefficient (Wildman–Crippen LogP) is 2.25. The van der Waals surface area contributed by atoms with Crippen molar-refractivity contribution in [3.63, 3.8) is 0 Å². The Morgan fingerprint density at radius 1 is 1.32 bits per heavy atom. The molecule has 1 aliphatic heterocycles. The lowest BCUT2D eigenvalue weighted by Crippen LogP contribution is -2.48. The summed E-state index contributed by atoms with van der Waals surface area (Å²) in [6.07, 6.45) is -2.91. The van der Waals surface area contributed by atoms with Crippen molar-refractivity contribution in [3.8, 4) is 0 Å². The van der Waals surface area contributed by atoms with Crippen molar-refractivity contribution in [2.75, 3.05) is 29.9 Å². The topological polar surface area (TPSA) is 79.3 Å². The van der Waals surface area contributed by atoms with E-state index >= 15 is 0 Å². The zero-order valence-electron chi connectivity index (χ0n) is 15.4. The second-order valence-corrected chi connectivity index (χ2v) is 6.62. The fourth-order valence-electron chi connectivity index (χ4n) is 3.13. The van der Waals surface area contributed by atoms with Crippen LogP contribution < -0.4 is 15.5 Å². The zero-order chi connectivity index (χ0) is 20.5. The van der Waals surface area contributed by atoms with Crippen molar-refractivity contribution < 1.29 is 22.8 Å². The van der Waals surface area contributed by atoms with Crippen LogP contribution in [0.15, 0.2) is 24.4 Å². The van der Waals surface area contributed by atoms with Crippen molar-refractivity contribution in [1.82, 2.24) is 14.9 Å². The molecule has 3 rings (SSSR count). The molecule has 0 radical (unpaired) electrons. The van der Waals surface area contributed by atoms with Crippen molar-refractivity contribution in [1.29, 1.82) is 0 Å². The number of rotatable bonds is 4. The van der Waals surface area contributed by atoms with Gasteiger partial charge in [-0.25, -0.2) is 4.98 Å². The molecule has 2 aromatic heterocycles. The normalized spacial score (nSPS) is 14.8. The highest BCUT2D eigenvalue weighted by molar-refractivity contribution is 6.05. The van der Waals surface area contributed by atoms with Gasteiger partial charge in [0.05, 0.1) is 24.0 Å². The van der Waals surface area contributed by atoms with E-state index in [1.54, 1.807) is 12.1 Å². The van der Waals surface area contributed by atoms with E-state index < -0.39 is 18.6 Å². The van der Waals surface area contributed by atoms with Gasteiger partial charge in [0.25, 0.3) is 5.91 Å². The summed E-state index contributed by atoms with van der Waals surface area (Å²) in [5.41, 5.74) is 1.20. The van der Waals surface area contributed by atoms with Crippen LogP contribution in [0, 0.1) is 13.8 Å². The average molecular weight is 395 g/mol. The summed E-state index contributed by atoms with van der Waals surface area (Å²) >= 11 is 0. The Bertz CT molecular complexity index is 890. The third-order valence-electron chi connectivity index (χ3n) is 4.52. The monoisotopic (exact) mass is 395 g/mol. The maximum atomic E-state index is 12.7. The summed E-state index contributed by atoms with van der Waals surface area (Å²) in [7, 11) is 0. The number of piperazine rings is 1. The lowest BCUT2D eigenvalue weighted by molar-refractivity contribution is -0.141. The molecule has 0 atom stereocenters. The molecule has 0 aromatic carbocycles. The minimum Gasteiger partial charge on any atom is -0.353 e. The third kappa shape index (κ3) is 4.44. The number of alkyl halides is 3. The number of carbonyl (C=O) groups excluding carboxylic acids is 2. The van der Waals surface area contributed by atoms with Gasteiger partial charge in [-0.05, 0) is 32.0 Å². The molecule has 2 aromatic rings. The summed E-state index contributed by atoms with van der Waals surface area (Å²) in [5, 5.41) is 5.37. The highest BCUT2D eigenvalue weighted by atomic mass is 19.4. The van der Waals surface area contributed by atoms with Gasteiger partial charge in [0.15, 0.2) is 0 Å². The van der Waals surface area contributed by atoms with Crippen LogP contribution in [-0.4, -0.2) is 47.2 Å². The number of anilines is 2. The van der Waals surface area contributed by atoms with Gasteiger partial charge >= 0.3 is 6.18 Å². The molecule has 1 aliphatic rings. The van der Waals surface area contributed by atoms with E-state index in [1.165, 1.54) is 26.1 Å². The van der Waals surface area contributed by atoms with Crippen LogP contribution >= 0.6 is 0 Å². The number of hydrogen-bond donors (Lipinski definition) is 2. The molecule has 1 fully saturated rings. The van der Waals surface area contributed by atoms with E-state index in [4.69, 9.17) is 0 Å². The van der Waals surface area contributed by atoms with E-state index in [0.29, 0.717) is 30.3 Å². The Labute approximate surface area is 159 Å². The average Bonchev–Trinajstić information content (AvgIpc) is 2.89. The molecule has 3 heterocycles. The van der Waals surface area contributed by atoms with Gasteiger partial charge in [-0.1, -0.05) is 0 Å². The minimum atomic E-state index is -4.37. The Morgan fingerprint density at radius 3 is 2.68 bits per heavy atom. The molecule has 0 bridgehead atoms. The van der Waals surface area contributed by atoms with Gasteiger partial charge in [0.2, 0.25) is 5.91 Å². The largest absolute Gasteiger partial charge is 0.406 e. The highest BCUT2D eigenvalue weighted by Crippen LogP contribution is 2.24. The molecule has 0 aliphatic carbocycles. The molecular weight excluding hydrogens is 375 g/mol. The third-order valence-corrected chi connectivity index (χ3v) is 4.52. The number of pyridine rings is 1. The minimum absolute atomic E-state index is 0.0837. The molecular formula is C18H20F3N5O2. The van der Waals surface area contributed by atoms with E-state index in [1.807, 2.05) is 4.90 Å². The van der Waals surface area contributed by atoms with Crippen LogP contribution in [0.1, 0.15) is 21.7 Å². The SMILES string of the molecule is Cc1cc(C(=O)Nc2ccc(N3CCNC(=O)C3)nc2)c(C)n1CC(F)(F)F. The van der Waals surface area contributed by atoms with Gasteiger partial charge in [0.1, 0.15) is 12.4 Å². The smallest absolute Gasteiger partial charge is 0.353 e. The van der Waals surface area contributed by atoms with E-state index in [0.717, 1.165) is 4.57 Å². The van der Waals surface area contributed by atoms with Gasteiger partial charge < -0.3 is 20.1 Å². The summed E-state index contributed by atoms with van der Waals surface area (Å²) in [5.74, 6) is 0.0178. The van der Waals surface area contributed by atoms with Gasteiger partial charge in [-0.15, -0.1) is 0 Å². The molecule has 0 unspecified atom stereocenters. The number of halogens is 3. The molecule has 28 heavy (non-hydrogen) atoms. The number of amides is 2. The highest BCUT2D eigenvalue weighted by Gasteiger charge is 2.30. The number of aromatic nitrogens is 2. The second kappa shape index (κ2) is 7.53. The van der Waals surface area contributed by atoms with E-state index in [9.17, 15) is 22.8 Å². The van der Waals surface area contributed by atoms with E-state index in [-0.39, 0.29) is 23.7 Å². The van der Waals surface area contributed by atoms with Crippen molar-refractivity contribution in [2.24, 2.45) is 0 Å². The van der Waals surface area contributed by atoms with Gasteiger partial charge in [-0.2, -0.15) is 13.2 Å². The van der Waals surface area contributed by atoms with Crippen LogP contribution in [0.4, 0.5) is 24.7 Å². The summed E-state index contributed by atoms with van der Waals surface area (Å²) in [6, 6.07) is 4.76. The Hall–Kier alpha value is -3.04. The number of hydrogen-bond acceptors (Lipinski definition) is 4. The zero-order valence-corrected chi connectivity index (χ0v) is 15.4.